The topological polar surface area (TPSA) is 79.9 Å². The minimum Gasteiger partial charge on any atom is -0.454 e. The average molecular weight is 494 g/mol. The quantitative estimate of drug-likeness (QED) is 0.543. The lowest BCUT2D eigenvalue weighted by Crippen LogP contribution is -2.49. The predicted octanol–water partition coefficient (Wildman–Crippen LogP) is 4.65. The Morgan fingerprint density at radius 2 is 1.75 bits per heavy atom. The van der Waals surface area contributed by atoms with Crippen molar-refractivity contribution in [2.75, 3.05) is 25.2 Å². The number of hydrogen-bond donors (Lipinski definition) is 2. The molecule has 0 saturated carbocycles. The van der Waals surface area contributed by atoms with Gasteiger partial charge in [0.2, 0.25) is 12.7 Å². The van der Waals surface area contributed by atoms with Crippen LogP contribution in [-0.2, 0) is 11.3 Å². The second kappa shape index (κ2) is 10.2. The Kier molecular flexibility index (Phi) is 6.71. The van der Waals surface area contributed by atoms with Crippen molar-refractivity contribution in [2.24, 2.45) is 5.92 Å². The zero-order valence-electron chi connectivity index (χ0n) is 19.4. The Hall–Kier alpha value is -4.14. The van der Waals surface area contributed by atoms with Gasteiger partial charge in [-0.05, 0) is 41.8 Å². The second-order valence-corrected chi connectivity index (χ2v) is 8.90. The van der Waals surface area contributed by atoms with Gasteiger partial charge in [0.1, 0.15) is 11.6 Å². The van der Waals surface area contributed by atoms with Crippen molar-refractivity contribution in [3.8, 4) is 11.5 Å². The van der Waals surface area contributed by atoms with Crippen LogP contribution in [0, 0.1) is 17.6 Å². The molecule has 0 aliphatic carbocycles. The third-order valence-corrected chi connectivity index (χ3v) is 6.46. The highest BCUT2D eigenvalue weighted by atomic mass is 19.1. The maximum Gasteiger partial charge on any atom is 0.321 e. The number of piperidine rings is 1. The number of ether oxygens (including phenoxy) is 2. The molecule has 0 radical (unpaired) electrons. The molecule has 0 spiro atoms. The van der Waals surface area contributed by atoms with E-state index in [-0.39, 0.29) is 30.9 Å². The standard InChI is InChI=1S/C27H25F2N3O4/c28-21-7-8-23(22(29)12-21)31-27(34)32-14-19(18-4-2-1-3-5-18)11-20(15-32)26(33)30-13-17-6-9-24-25(10-17)36-16-35-24/h1-10,12,19-20H,11,13-16H2,(H,30,33)(H,31,34). The Balaban J connectivity index is 1.29. The maximum absolute atomic E-state index is 14.1. The van der Waals surface area contributed by atoms with Gasteiger partial charge in [-0.15, -0.1) is 0 Å². The zero-order chi connectivity index (χ0) is 25.1. The highest BCUT2D eigenvalue weighted by Gasteiger charge is 2.34. The fraction of sp³-hybridized carbons (Fsp3) is 0.259. The summed E-state index contributed by atoms with van der Waals surface area (Å²) in [5, 5.41) is 5.47. The lowest BCUT2D eigenvalue weighted by molar-refractivity contribution is -0.126. The van der Waals surface area contributed by atoms with Gasteiger partial charge >= 0.3 is 6.03 Å². The van der Waals surface area contributed by atoms with E-state index in [4.69, 9.17) is 9.47 Å². The molecule has 3 aromatic rings. The molecule has 1 fully saturated rings. The fourth-order valence-corrected chi connectivity index (χ4v) is 4.59. The van der Waals surface area contributed by atoms with Crippen molar-refractivity contribution in [2.45, 2.75) is 18.9 Å². The molecule has 36 heavy (non-hydrogen) atoms. The molecule has 5 rings (SSSR count). The number of hydrogen-bond acceptors (Lipinski definition) is 4. The summed E-state index contributed by atoms with van der Waals surface area (Å²) in [5.74, 6) is -1.02. The van der Waals surface area contributed by atoms with E-state index in [0.717, 1.165) is 17.2 Å². The molecule has 2 heterocycles. The Morgan fingerprint density at radius 1 is 0.944 bits per heavy atom. The number of anilines is 1. The minimum atomic E-state index is -0.863. The highest BCUT2D eigenvalue weighted by Crippen LogP contribution is 2.33. The van der Waals surface area contributed by atoms with Gasteiger partial charge in [-0.25, -0.2) is 13.6 Å². The van der Waals surface area contributed by atoms with Gasteiger partial charge in [0.05, 0.1) is 11.6 Å². The number of carbonyl (C=O) groups excluding carboxylic acids is 2. The summed E-state index contributed by atoms with van der Waals surface area (Å²) in [6.07, 6.45) is 0.561. The molecule has 2 atom stereocenters. The van der Waals surface area contributed by atoms with Crippen molar-refractivity contribution >= 4 is 17.6 Å². The van der Waals surface area contributed by atoms with Crippen LogP contribution in [0.5, 0.6) is 11.5 Å². The summed E-state index contributed by atoms with van der Waals surface area (Å²) in [6.45, 7) is 1.01. The molecule has 1 saturated heterocycles. The molecule has 2 unspecified atom stereocenters. The van der Waals surface area contributed by atoms with Crippen LogP contribution in [0.2, 0.25) is 0 Å². The molecule has 7 nitrogen and oxygen atoms in total. The molecule has 2 aliphatic rings. The van der Waals surface area contributed by atoms with Crippen molar-refractivity contribution in [3.05, 3.63) is 89.5 Å². The van der Waals surface area contributed by atoms with Gasteiger partial charge < -0.3 is 25.0 Å². The van der Waals surface area contributed by atoms with E-state index in [1.807, 2.05) is 42.5 Å². The van der Waals surface area contributed by atoms with Crippen LogP contribution >= 0.6 is 0 Å². The number of carbonyl (C=O) groups is 2. The number of urea groups is 1. The first-order chi connectivity index (χ1) is 17.5. The largest absolute Gasteiger partial charge is 0.454 e. The van der Waals surface area contributed by atoms with Gasteiger partial charge in [-0.1, -0.05) is 36.4 Å². The van der Waals surface area contributed by atoms with Crippen LogP contribution in [0.1, 0.15) is 23.5 Å². The number of nitrogens with one attached hydrogen (secondary N) is 2. The first-order valence-electron chi connectivity index (χ1n) is 11.7. The molecular weight excluding hydrogens is 468 g/mol. The third kappa shape index (κ3) is 5.25. The van der Waals surface area contributed by atoms with Crippen LogP contribution in [0.3, 0.4) is 0 Å². The molecular formula is C27H25F2N3O4. The molecule has 2 aliphatic heterocycles. The molecule has 0 aromatic heterocycles. The Morgan fingerprint density at radius 3 is 2.56 bits per heavy atom. The lowest BCUT2D eigenvalue weighted by atomic mass is 9.84. The number of fused-ring (bicyclic) bond motifs is 1. The van der Waals surface area contributed by atoms with E-state index < -0.39 is 23.6 Å². The van der Waals surface area contributed by atoms with Gasteiger partial charge in [-0.2, -0.15) is 0 Å². The van der Waals surface area contributed by atoms with Gasteiger partial charge in [0.25, 0.3) is 0 Å². The van der Waals surface area contributed by atoms with E-state index in [1.54, 1.807) is 6.07 Å². The summed E-state index contributed by atoms with van der Waals surface area (Å²) in [5.41, 5.74) is 1.76. The second-order valence-electron chi connectivity index (χ2n) is 8.90. The van der Waals surface area contributed by atoms with E-state index >= 15 is 0 Å². The van der Waals surface area contributed by atoms with Gasteiger partial charge in [0, 0.05) is 31.6 Å². The molecule has 0 bridgehead atoms. The van der Waals surface area contributed by atoms with E-state index in [9.17, 15) is 18.4 Å². The first-order valence-corrected chi connectivity index (χ1v) is 11.7. The normalized spacial score (nSPS) is 18.6. The highest BCUT2D eigenvalue weighted by molar-refractivity contribution is 5.90. The Bertz CT molecular complexity index is 1270. The van der Waals surface area contributed by atoms with E-state index in [0.29, 0.717) is 37.1 Å². The zero-order valence-corrected chi connectivity index (χ0v) is 19.4. The summed E-state index contributed by atoms with van der Waals surface area (Å²) in [7, 11) is 0. The molecule has 3 aromatic carbocycles. The van der Waals surface area contributed by atoms with Crippen molar-refractivity contribution in [1.82, 2.24) is 10.2 Å². The molecule has 9 heteroatoms. The van der Waals surface area contributed by atoms with Crippen LogP contribution < -0.4 is 20.1 Å². The SMILES string of the molecule is O=C(NCc1ccc2c(c1)OCO2)C1CC(c2ccccc2)CN(C(=O)Nc2ccc(F)cc2F)C1. The molecule has 2 N–H and O–H groups in total. The van der Waals surface area contributed by atoms with Crippen molar-refractivity contribution < 1.29 is 27.8 Å². The number of benzene rings is 3. The molecule has 186 valence electrons. The monoisotopic (exact) mass is 493 g/mol. The van der Waals surface area contributed by atoms with Gasteiger partial charge in [-0.3, -0.25) is 4.79 Å². The number of amides is 3. The van der Waals surface area contributed by atoms with E-state index in [2.05, 4.69) is 10.6 Å². The fourth-order valence-electron chi connectivity index (χ4n) is 4.59. The predicted molar refractivity (Wildman–Crippen MR) is 129 cm³/mol. The van der Waals surface area contributed by atoms with Crippen LogP contribution in [0.4, 0.5) is 19.3 Å². The van der Waals surface area contributed by atoms with Crippen LogP contribution in [0.25, 0.3) is 0 Å². The summed E-state index contributed by atoms with van der Waals surface area (Å²) in [4.78, 5) is 27.7. The summed E-state index contributed by atoms with van der Waals surface area (Å²) in [6, 6.07) is 17.6. The average Bonchev–Trinajstić information content (AvgIpc) is 3.37. The van der Waals surface area contributed by atoms with E-state index in [1.165, 1.54) is 11.0 Å². The van der Waals surface area contributed by atoms with Crippen LogP contribution in [0.15, 0.2) is 66.7 Å². The third-order valence-electron chi connectivity index (χ3n) is 6.46. The summed E-state index contributed by atoms with van der Waals surface area (Å²) < 4.78 is 38.1. The molecule has 3 amide bonds. The van der Waals surface area contributed by atoms with Crippen molar-refractivity contribution in [1.29, 1.82) is 0 Å². The number of nitrogens with zero attached hydrogens (tertiary/aromatic N) is 1. The smallest absolute Gasteiger partial charge is 0.321 e. The maximum atomic E-state index is 14.1. The lowest BCUT2D eigenvalue weighted by Gasteiger charge is -2.37. The summed E-state index contributed by atoms with van der Waals surface area (Å²) >= 11 is 0. The van der Waals surface area contributed by atoms with Crippen molar-refractivity contribution in [3.63, 3.8) is 0 Å². The number of halogens is 2. The van der Waals surface area contributed by atoms with Gasteiger partial charge in [0.15, 0.2) is 11.5 Å². The minimum absolute atomic E-state index is 0.0786. The number of likely N-dealkylation sites (tertiary alicyclic amines) is 1. The number of rotatable bonds is 5. The van der Waals surface area contributed by atoms with Crippen LogP contribution in [-0.4, -0.2) is 36.7 Å². The first kappa shape index (κ1) is 23.6. The Labute approximate surface area is 207 Å².